The molecule has 3 unspecified atom stereocenters. The van der Waals surface area contributed by atoms with Crippen LogP contribution < -0.4 is 11.1 Å². The van der Waals surface area contributed by atoms with Crippen molar-refractivity contribution in [2.24, 2.45) is 5.73 Å². The maximum Gasteiger partial charge on any atom is 0.472 e. The number of phosphoric ester groups is 1. The molecule has 0 fully saturated rings. The van der Waals surface area contributed by atoms with Crippen LogP contribution in [0, 0.1) is 0 Å². The summed E-state index contributed by atoms with van der Waals surface area (Å²) in [6.45, 7) is 4.12. The molecule has 0 rings (SSSR count). The minimum absolute atomic E-state index is 0.0810. The highest BCUT2D eigenvalue weighted by molar-refractivity contribution is 7.47. The van der Waals surface area contributed by atoms with Crippen molar-refractivity contribution in [3.8, 4) is 0 Å². The van der Waals surface area contributed by atoms with Crippen LogP contribution in [0.25, 0.3) is 0 Å². The number of hydrogen-bond acceptors (Lipinski definition) is 6. The van der Waals surface area contributed by atoms with E-state index in [2.05, 4.69) is 19.2 Å². The SMILES string of the molecule is CCCCCCCCCCCCC/C=C/C(O)C(COP(=O)(O)OCCN)NC(=O)CCCCCCCCCCCCCCC. The van der Waals surface area contributed by atoms with Gasteiger partial charge in [-0.2, -0.15) is 0 Å². The third kappa shape index (κ3) is 31.6. The monoisotopic (exact) mass is 661 g/mol. The molecular weight excluding hydrogens is 587 g/mol. The second-order valence-electron chi connectivity index (χ2n) is 12.8. The molecule has 0 aromatic carbocycles. The lowest BCUT2D eigenvalue weighted by Gasteiger charge is -2.23. The van der Waals surface area contributed by atoms with E-state index in [-0.39, 0.29) is 25.7 Å². The van der Waals surface area contributed by atoms with E-state index in [0.717, 1.165) is 38.5 Å². The summed E-state index contributed by atoms with van der Waals surface area (Å²) >= 11 is 0. The molecule has 1 amide bonds. The van der Waals surface area contributed by atoms with Gasteiger partial charge in [0.2, 0.25) is 5.91 Å². The Morgan fingerprint density at radius 2 is 1.13 bits per heavy atom. The first-order chi connectivity index (χ1) is 21.9. The first kappa shape index (κ1) is 44.2. The smallest absolute Gasteiger partial charge is 0.387 e. The lowest BCUT2D eigenvalue weighted by atomic mass is 10.0. The normalized spacial score (nSPS) is 14.5. The van der Waals surface area contributed by atoms with E-state index in [1.54, 1.807) is 6.08 Å². The number of aliphatic hydroxyl groups excluding tert-OH is 1. The predicted molar refractivity (Wildman–Crippen MR) is 189 cm³/mol. The van der Waals surface area contributed by atoms with Crippen molar-refractivity contribution in [1.29, 1.82) is 0 Å². The zero-order chi connectivity index (χ0) is 33.3. The van der Waals surface area contributed by atoms with Crippen LogP contribution in [0.15, 0.2) is 12.2 Å². The van der Waals surface area contributed by atoms with Gasteiger partial charge in [0.1, 0.15) is 0 Å². The molecule has 0 aliphatic heterocycles. The summed E-state index contributed by atoms with van der Waals surface area (Å²) in [7, 11) is -4.32. The third-order valence-electron chi connectivity index (χ3n) is 8.36. The number of unbranched alkanes of at least 4 members (excludes halogenated alkanes) is 23. The highest BCUT2D eigenvalue weighted by Crippen LogP contribution is 2.43. The lowest BCUT2D eigenvalue weighted by molar-refractivity contribution is -0.123. The highest BCUT2D eigenvalue weighted by atomic mass is 31.2. The number of nitrogens with one attached hydrogen (secondary N) is 1. The number of rotatable bonds is 35. The van der Waals surface area contributed by atoms with Gasteiger partial charge in [-0.25, -0.2) is 4.57 Å². The second kappa shape index (κ2) is 33.2. The minimum atomic E-state index is -4.32. The van der Waals surface area contributed by atoms with Gasteiger partial charge in [0.05, 0.1) is 25.4 Å². The van der Waals surface area contributed by atoms with Crippen LogP contribution in [-0.4, -0.2) is 47.8 Å². The van der Waals surface area contributed by atoms with Gasteiger partial charge in [0, 0.05) is 13.0 Å². The number of hydrogen-bond donors (Lipinski definition) is 4. The number of carbonyl (C=O) groups excluding carboxylic acids is 1. The summed E-state index contributed by atoms with van der Waals surface area (Å²) in [6, 6.07) is -0.852. The number of nitrogens with two attached hydrogens (primary N) is 1. The molecule has 268 valence electrons. The van der Waals surface area contributed by atoms with Crippen molar-refractivity contribution in [3.05, 3.63) is 12.2 Å². The molecule has 0 aromatic rings. The van der Waals surface area contributed by atoms with Gasteiger partial charge in [-0.1, -0.05) is 167 Å². The van der Waals surface area contributed by atoms with Crippen LogP contribution in [0.3, 0.4) is 0 Å². The highest BCUT2D eigenvalue weighted by Gasteiger charge is 2.26. The molecular formula is C36H73N2O6P. The number of phosphoric acid groups is 1. The molecule has 0 aliphatic carbocycles. The second-order valence-corrected chi connectivity index (χ2v) is 14.2. The van der Waals surface area contributed by atoms with E-state index < -0.39 is 20.0 Å². The quantitative estimate of drug-likeness (QED) is 0.0302. The molecule has 0 aliphatic rings. The molecule has 9 heteroatoms. The molecule has 0 bridgehead atoms. The lowest BCUT2D eigenvalue weighted by Crippen LogP contribution is -2.45. The summed E-state index contributed by atoms with van der Waals surface area (Å²) in [5, 5.41) is 13.6. The fourth-order valence-corrected chi connectivity index (χ4v) is 6.24. The van der Waals surface area contributed by atoms with Crippen molar-refractivity contribution in [2.75, 3.05) is 19.8 Å². The molecule has 3 atom stereocenters. The van der Waals surface area contributed by atoms with Gasteiger partial charge in [-0.15, -0.1) is 0 Å². The molecule has 0 saturated heterocycles. The van der Waals surface area contributed by atoms with Crippen molar-refractivity contribution < 1.29 is 28.4 Å². The van der Waals surface area contributed by atoms with Crippen molar-refractivity contribution in [1.82, 2.24) is 5.32 Å². The number of carbonyl (C=O) groups is 1. The van der Waals surface area contributed by atoms with E-state index in [9.17, 15) is 19.4 Å². The zero-order valence-corrected chi connectivity index (χ0v) is 30.3. The average molecular weight is 661 g/mol. The van der Waals surface area contributed by atoms with Crippen LogP contribution in [0.2, 0.25) is 0 Å². The van der Waals surface area contributed by atoms with Gasteiger partial charge in [-0.05, 0) is 19.3 Å². The Bertz CT molecular complexity index is 724. The Morgan fingerprint density at radius 1 is 0.711 bits per heavy atom. The molecule has 45 heavy (non-hydrogen) atoms. The standard InChI is InChI=1S/C36H73N2O6P/c1-3-5-7-9-11-13-15-17-19-21-23-25-27-29-35(39)34(33-44-45(41,42)43-32-31-37)38-36(40)30-28-26-24-22-20-18-16-14-12-10-8-6-4-2/h27,29,34-35,39H,3-26,28,30-33,37H2,1-2H3,(H,38,40)(H,41,42)/b29-27+. The maximum atomic E-state index is 12.7. The topological polar surface area (TPSA) is 131 Å². The van der Waals surface area contributed by atoms with Crippen LogP contribution in [0.1, 0.15) is 181 Å². The summed E-state index contributed by atoms with van der Waals surface area (Å²) in [6.07, 6.45) is 33.9. The van der Waals surface area contributed by atoms with Crippen LogP contribution in [-0.2, 0) is 18.4 Å². The van der Waals surface area contributed by atoms with E-state index in [0.29, 0.717) is 6.42 Å². The van der Waals surface area contributed by atoms with Crippen molar-refractivity contribution >= 4 is 13.7 Å². The number of allylic oxidation sites excluding steroid dienone is 1. The first-order valence-corrected chi connectivity index (χ1v) is 20.3. The van der Waals surface area contributed by atoms with Crippen LogP contribution in [0.4, 0.5) is 0 Å². The molecule has 0 aromatic heterocycles. The molecule has 8 nitrogen and oxygen atoms in total. The van der Waals surface area contributed by atoms with Gasteiger partial charge in [0.15, 0.2) is 0 Å². The molecule has 5 N–H and O–H groups in total. The first-order valence-electron chi connectivity index (χ1n) is 18.8. The Kier molecular flexibility index (Phi) is 32.6. The van der Waals surface area contributed by atoms with E-state index in [4.69, 9.17) is 14.8 Å². The summed E-state index contributed by atoms with van der Waals surface area (Å²) in [5.74, 6) is -0.194. The summed E-state index contributed by atoms with van der Waals surface area (Å²) in [4.78, 5) is 22.6. The summed E-state index contributed by atoms with van der Waals surface area (Å²) in [5.41, 5.74) is 5.35. The van der Waals surface area contributed by atoms with Crippen LogP contribution in [0.5, 0.6) is 0 Å². The van der Waals surface area contributed by atoms with E-state index in [1.807, 2.05) is 6.08 Å². The fraction of sp³-hybridized carbons (Fsp3) is 0.917. The predicted octanol–water partition coefficient (Wildman–Crippen LogP) is 9.66. The number of aliphatic hydroxyl groups is 1. The molecule has 0 saturated carbocycles. The van der Waals surface area contributed by atoms with Crippen molar-refractivity contribution in [2.45, 2.75) is 193 Å². The maximum absolute atomic E-state index is 12.7. The molecule has 0 radical (unpaired) electrons. The van der Waals surface area contributed by atoms with Gasteiger partial charge < -0.3 is 21.1 Å². The summed E-state index contributed by atoms with van der Waals surface area (Å²) < 4.78 is 22.0. The minimum Gasteiger partial charge on any atom is -0.387 e. The molecule has 0 heterocycles. The van der Waals surface area contributed by atoms with Crippen LogP contribution >= 0.6 is 7.82 Å². The van der Waals surface area contributed by atoms with Gasteiger partial charge in [0.25, 0.3) is 0 Å². The Balaban J connectivity index is 4.31. The number of amides is 1. The molecule has 0 spiro atoms. The van der Waals surface area contributed by atoms with Gasteiger partial charge in [-0.3, -0.25) is 13.8 Å². The zero-order valence-electron chi connectivity index (χ0n) is 29.4. The van der Waals surface area contributed by atoms with E-state index >= 15 is 0 Å². The largest absolute Gasteiger partial charge is 0.472 e. The Morgan fingerprint density at radius 3 is 1.58 bits per heavy atom. The fourth-order valence-electron chi connectivity index (χ4n) is 5.48. The van der Waals surface area contributed by atoms with E-state index in [1.165, 1.54) is 122 Å². The Labute approximate surface area is 277 Å². The Hall–Kier alpha value is -0.760. The third-order valence-corrected chi connectivity index (χ3v) is 9.35. The average Bonchev–Trinajstić information content (AvgIpc) is 3.02. The van der Waals surface area contributed by atoms with Crippen molar-refractivity contribution in [3.63, 3.8) is 0 Å². The van der Waals surface area contributed by atoms with Gasteiger partial charge >= 0.3 is 7.82 Å².